The second-order valence-electron chi connectivity index (χ2n) is 3.15. The van der Waals surface area contributed by atoms with Crippen LogP contribution in [0.1, 0.15) is 16.8 Å². The Morgan fingerprint density at radius 2 is 2.19 bits per heavy atom. The molecule has 1 aromatic carbocycles. The first-order valence-corrected chi connectivity index (χ1v) is 5.24. The monoisotopic (exact) mass is 244 g/mol. The molecule has 0 heterocycles. The van der Waals surface area contributed by atoms with Gasteiger partial charge in [0, 0.05) is 25.0 Å². The van der Waals surface area contributed by atoms with E-state index in [0.29, 0.717) is 17.9 Å². The number of halogens is 1. The summed E-state index contributed by atoms with van der Waals surface area (Å²) in [6.07, 6.45) is 0.588. The zero-order chi connectivity index (χ0) is 12.0. The molecule has 88 valence electrons. The molecule has 0 aliphatic carbocycles. The predicted molar refractivity (Wildman–Crippen MR) is 60.4 cm³/mol. The lowest BCUT2D eigenvalue weighted by atomic mass is 10.2. The van der Waals surface area contributed by atoms with E-state index in [4.69, 9.17) is 9.47 Å². The lowest BCUT2D eigenvalue weighted by molar-refractivity contribution is 0.0463. The Balaban J connectivity index is 2.55. The fourth-order valence-corrected chi connectivity index (χ4v) is 1.32. The SMILES string of the molecule is COCCCOC(=O)c1cc(S)ccc1F. The van der Waals surface area contributed by atoms with E-state index in [2.05, 4.69) is 12.6 Å². The van der Waals surface area contributed by atoms with Gasteiger partial charge in [-0.15, -0.1) is 12.6 Å². The molecular formula is C11H13FO3S. The quantitative estimate of drug-likeness (QED) is 0.490. The lowest BCUT2D eigenvalue weighted by Gasteiger charge is -2.05. The summed E-state index contributed by atoms with van der Waals surface area (Å²) in [4.78, 5) is 12.0. The number of carbonyl (C=O) groups excluding carboxylic acids is 1. The minimum atomic E-state index is -0.676. The molecule has 0 bridgehead atoms. The average Bonchev–Trinajstić information content (AvgIpc) is 2.27. The van der Waals surface area contributed by atoms with Crippen LogP contribution in [-0.2, 0) is 9.47 Å². The first-order valence-electron chi connectivity index (χ1n) is 4.79. The highest BCUT2D eigenvalue weighted by atomic mass is 32.1. The molecule has 0 unspecified atom stereocenters. The molecule has 0 aliphatic rings. The second kappa shape index (κ2) is 6.50. The number of carbonyl (C=O) groups is 1. The number of hydrogen-bond donors (Lipinski definition) is 1. The van der Waals surface area contributed by atoms with Crippen LogP contribution in [-0.4, -0.2) is 26.3 Å². The zero-order valence-electron chi connectivity index (χ0n) is 8.90. The van der Waals surface area contributed by atoms with Crippen LogP contribution in [0.25, 0.3) is 0 Å². The van der Waals surface area contributed by atoms with Gasteiger partial charge in [0.15, 0.2) is 0 Å². The molecule has 0 saturated carbocycles. The van der Waals surface area contributed by atoms with Gasteiger partial charge in [-0.2, -0.15) is 0 Å². The van der Waals surface area contributed by atoms with Crippen molar-refractivity contribution in [1.82, 2.24) is 0 Å². The molecule has 0 amide bonds. The van der Waals surface area contributed by atoms with E-state index in [1.54, 1.807) is 7.11 Å². The van der Waals surface area contributed by atoms with Gasteiger partial charge in [0.2, 0.25) is 0 Å². The van der Waals surface area contributed by atoms with Crippen molar-refractivity contribution in [1.29, 1.82) is 0 Å². The number of rotatable bonds is 5. The molecule has 0 N–H and O–H groups in total. The molecule has 0 saturated heterocycles. The highest BCUT2D eigenvalue weighted by molar-refractivity contribution is 7.80. The maximum absolute atomic E-state index is 13.2. The van der Waals surface area contributed by atoms with Crippen molar-refractivity contribution < 1.29 is 18.7 Å². The molecular weight excluding hydrogens is 231 g/mol. The van der Waals surface area contributed by atoms with E-state index in [9.17, 15) is 9.18 Å². The van der Waals surface area contributed by atoms with Gasteiger partial charge in [0.1, 0.15) is 5.82 Å². The molecule has 0 aliphatic heterocycles. The fourth-order valence-electron chi connectivity index (χ4n) is 1.12. The standard InChI is InChI=1S/C11H13FO3S/c1-14-5-2-6-15-11(13)9-7-8(16)3-4-10(9)12/h3-4,7,16H,2,5-6H2,1H3. The molecule has 0 spiro atoms. The Morgan fingerprint density at radius 1 is 1.44 bits per heavy atom. The Labute approximate surface area is 99.0 Å². The van der Waals surface area contributed by atoms with E-state index in [1.807, 2.05) is 0 Å². The minimum Gasteiger partial charge on any atom is -0.462 e. The van der Waals surface area contributed by atoms with E-state index in [0.717, 1.165) is 0 Å². The van der Waals surface area contributed by atoms with Crippen LogP contribution in [0.5, 0.6) is 0 Å². The third-order valence-corrected chi connectivity index (χ3v) is 2.17. The van der Waals surface area contributed by atoms with Gasteiger partial charge in [-0.3, -0.25) is 0 Å². The molecule has 0 atom stereocenters. The van der Waals surface area contributed by atoms with Crippen LogP contribution in [0.2, 0.25) is 0 Å². The second-order valence-corrected chi connectivity index (χ2v) is 3.66. The van der Waals surface area contributed by atoms with Crippen LogP contribution in [0.4, 0.5) is 4.39 Å². The lowest BCUT2D eigenvalue weighted by Crippen LogP contribution is -2.09. The maximum Gasteiger partial charge on any atom is 0.341 e. The Bertz CT molecular complexity index is 368. The highest BCUT2D eigenvalue weighted by Crippen LogP contribution is 2.14. The normalized spacial score (nSPS) is 10.2. The number of hydrogen-bond acceptors (Lipinski definition) is 4. The summed E-state index contributed by atoms with van der Waals surface area (Å²) >= 11 is 4.03. The van der Waals surface area contributed by atoms with Crippen molar-refractivity contribution in [3.8, 4) is 0 Å². The van der Waals surface area contributed by atoms with E-state index >= 15 is 0 Å². The maximum atomic E-state index is 13.2. The molecule has 0 radical (unpaired) electrons. The van der Waals surface area contributed by atoms with Crippen molar-refractivity contribution in [3.63, 3.8) is 0 Å². The number of thiol groups is 1. The summed E-state index contributed by atoms with van der Waals surface area (Å²) in [6, 6.07) is 4.01. The Kier molecular flexibility index (Phi) is 5.28. The third-order valence-electron chi connectivity index (χ3n) is 1.90. The van der Waals surface area contributed by atoms with Crippen LogP contribution >= 0.6 is 12.6 Å². The van der Waals surface area contributed by atoms with Gasteiger partial charge in [-0.05, 0) is 18.2 Å². The molecule has 5 heteroatoms. The van der Waals surface area contributed by atoms with E-state index < -0.39 is 11.8 Å². The van der Waals surface area contributed by atoms with Crippen LogP contribution < -0.4 is 0 Å². The van der Waals surface area contributed by atoms with Crippen molar-refractivity contribution in [2.24, 2.45) is 0 Å². The van der Waals surface area contributed by atoms with Crippen molar-refractivity contribution in [2.75, 3.05) is 20.3 Å². The first-order chi connectivity index (χ1) is 7.65. The summed E-state index contributed by atoms with van der Waals surface area (Å²) in [5, 5.41) is 0. The highest BCUT2D eigenvalue weighted by Gasteiger charge is 2.12. The van der Waals surface area contributed by atoms with Gasteiger partial charge < -0.3 is 9.47 Å². The topological polar surface area (TPSA) is 35.5 Å². The summed E-state index contributed by atoms with van der Waals surface area (Å²) in [5.74, 6) is -1.28. The van der Waals surface area contributed by atoms with Crippen molar-refractivity contribution >= 4 is 18.6 Å². The van der Waals surface area contributed by atoms with Crippen LogP contribution in [0.3, 0.4) is 0 Å². The van der Waals surface area contributed by atoms with Crippen LogP contribution in [0, 0.1) is 5.82 Å². The Hall–Kier alpha value is -1.07. The van der Waals surface area contributed by atoms with Crippen LogP contribution in [0.15, 0.2) is 23.1 Å². The number of benzene rings is 1. The summed E-state index contributed by atoms with van der Waals surface area (Å²) < 4.78 is 22.9. The average molecular weight is 244 g/mol. The van der Waals surface area contributed by atoms with Gasteiger partial charge in [-0.25, -0.2) is 9.18 Å². The largest absolute Gasteiger partial charge is 0.462 e. The van der Waals surface area contributed by atoms with Gasteiger partial charge in [0.05, 0.1) is 12.2 Å². The smallest absolute Gasteiger partial charge is 0.341 e. The van der Waals surface area contributed by atoms with Gasteiger partial charge in [0.25, 0.3) is 0 Å². The summed E-state index contributed by atoms with van der Waals surface area (Å²) in [6.45, 7) is 0.714. The molecule has 1 aromatic rings. The molecule has 0 fully saturated rings. The molecule has 1 rings (SSSR count). The zero-order valence-corrected chi connectivity index (χ0v) is 9.80. The fraction of sp³-hybridized carbons (Fsp3) is 0.364. The van der Waals surface area contributed by atoms with E-state index in [-0.39, 0.29) is 12.2 Å². The van der Waals surface area contributed by atoms with Crippen molar-refractivity contribution in [3.05, 3.63) is 29.6 Å². The van der Waals surface area contributed by atoms with Gasteiger partial charge >= 0.3 is 5.97 Å². The predicted octanol–water partition coefficient (Wildman–Crippen LogP) is 2.31. The number of methoxy groups -OCH3 is 1. The molecule has 16 heavy (non-hydrogen) atoms. The number of ether oxygens (including phenoxy) is 2. The van der Waals surface area contributed by atoms with E-state index in [1.165, 1.54) is 18.2 Å². The third kappa shape index (κ3) is 3.83. The molecule has 0 aromatic heterocycles. The van der Waals surface area contributed by atoms with Crippen molar-refractivity contribution in [2.45, 2.75) is 11.3 Å². The minimum absolute atomic E-state index is 0.0927. The first kappa shape index (κ1) is 13.0. The molecule has 3 nitrogen and oxygen atoms in total. The summed E-state index contributed by atoms with van der Waals surface area (Å²) in [7, 11) is 1.56. The Morgan fingerprint density at radius 3 is 2.88 bits per heavy atom. The number of esters is 1. The van der Waals surface area contributed by atoms with Gasteiger partial charge in [-0.1, -0.05) is 0 Å². The summed E-state index contributed by atoms with van der Waals surface area (Å²) in [5.41, 5.74) is -0.0927.